The standard InChI is InChI=1S/C10H12N2O/c1-7(2)10-9(13)6-8-4-3-5-12(8)11-10/h3-8H,1-2H3/p+1. The molecule has 0 amide bonds. The van der Waals surface area contributed by atoms with Crippen LogP contribution in [0.4, 0.5) is 0 Å². The van der Waals surface area contributed by atoms with Gasteiger partial charge in [0.1, 0.15) is 5.76 Å². The molecule has 2 heterocycles. The Labute approximate surface area is 77.4 Å². The molecule has 0 spiro atoms. The predicted molar refractivity (Wildman–Crippen MR) is 52.2 cm³/mol. The molecular formula is C10H13N2O+. The maximum atomic E-state index is 9.64. The van der Waals surface area contributed by atoms with Gasteiger partial charge in [-0.3, -0.25) is 0 Å². The second-order valence-corrected chi connectivity index (χ2v) is 3.60. The highest BCUT2D eigenvalue weighted by molar-refractivity contribution is 5.99. The molecule has 0 bridgehead atoms. The lowest BCUT2D eigenvalue weighted by atomic mass is 10.0. The van der Waals surface area contributed by atoms with E-state index >= 15 is 0 Å². The first-order chi connectivity index (χ1) is 6.18. The van der Waals surface area contributed by atoms with Crippen molar-refractivity contribution in [2.45, 2.75) is 19.9 Å². The largest absolute Gasteiger partial charge is 0.506 e. The zero-order valence-electron chi connectivity index (χ0n) is 7.81. The Morgan fingerprint density at radius 2 is 2.31 bits per heavy atom. The zero-order chi connectivity index (χ0) is 9.42. The van der Waals surface area contributed by atoms with Gasteiger partial charge in [-0.1, -0.05) is 18.5 Å². The van der Waals surface area contributed by atoms with Crippen LogP contribution in [0.15, 0.2) is 29.1 Å². The van der Waals surface area contributed by atoms with Gasteiger partial charge in [0.15, 0.2) is 11.9 Å². The van der Waals surface area contributed by atoms with E-state index in [0.717, 1.165) is 5.71 Å². The highest BCUT2D eigenvalue weighted by Crippen LogP contribution is 2.16. The lowest BCUT2D eigenvalue weighted by Gasteiger charge is -2.12. The van der Waals surface area contributed by atoms with Gasteiger partial charge in [-0.05, 0) is 11.2 Å². The Balaban J connectivity index is 2.37. The van der Waals surface area contributed by atoms with E-state index in [1.165, 1.54) is 0 Å². The molecule has 0 aromatic rings. The molecule has 0 radical (unpaired) electrons. The van der Waals surface area contributed by atoms with Crippen LogP contribution in [0.25, 0.3) is 0 Å². The first kappa shape index (κ1) is 8.23. The van der Waals surface area contributed by atoms with Crippen molar-refractivity contribution in [1.29, 1.82) is 0 Å². The average Bonchev–Trinajstić information content (AvgIpc) is 2.48. The van der Waals surface area contributed by atoms with Crippen molar-refractivity contribution >= 4 is 11.9 Å². The molecule has 0 aliphatic carbocycles. The fraction of sp³-hybridized carbons (Fsp3) is 0.400. The molecule has 2 aliphatic rings. The third kappa shape index (κ3) is 1.30. The van der Waals surface area contributed by atoms with Crippen molar-refractivity contribution < 1.29 is 9.79 Å². The molecular weight excluding hydrogens is 164 g/mol. The first-order valence-electron chi connectivity index (χ1n) is 4.48. The summed E-state index contributed by atoms with van der Waals surface area (Å²) in [6, 6.07) is 0.113. The van der Waals surface area contributed by atoms with Crippen molar-refractivity contribution in [3.63, 3.8) is 0 Å². The van der Waals surface area contributed by atoms with Crippen LogP contribution >= 0.6 is 0 Å². The van der Waals surface area contributed by atoms with Gasteiger partial charge in [-0.2, -0.15) is 0 Å². The van der Waals surface area contributed by atoms with E-state index in [2.05, 4.69) is 5.10 Å². The fourth-order valence-corrected chi connectivity index (χ4v) is 1.51. The number of rotatable bonds is 1. The number of hydrazone groups is 1. The van der Waals surface area contributed by atoms with Crippen LogP contribution in [-0.2, 0) is 0 Å². The predicted octanol–water partition coefficient (Wildman–Crippen LogP) is 1.48. The van der Waals surface area contributed by atoms with Crippen molar-refractivity contribution in [2.24, 2.45) is 11.0 Å². The lowest BCUT2D eigenvalue weighted by Crippen LogP contribution is -2.26. The third-order valence-electron chi connectivity index (χ3n) is 2.21. The quantitative estimate of drug-likeness (QED) is 0.605. The van der Waals surface area contributed by atoms with Crippen LogP contribution in [0, 0.1) is 5.92 Å². The van der Waals surface area contributed by atoms with Crippen LogP contribution in [0.3, 0.4) is 0 Å². The Bertz CT molecular complexity index is 348. The van der Waals surface area contributed by atoms with E-state index in [1.807, 2.05) is 43.0 Å². The summed E-state index contributed by atoms with van der Waals surface area (Å²) in [7, 11) is 0. The van der Waals surface area contributed by atoms with Gasteiger partial charge in [0.05, 0.1) is 0 Å². The van der Waals surface area contributed by atoms with Crippen LogP contribution in [-0.4, -0.2) is 27.8 Å². The summed E-state index contributed by atoms with van der Waals surface area (Å²) in [6.45, 7) is 4.04. The Hall–Kier alpha value is -1.38. The van der Waals surface area contributed by atoms with Gasteiger partial charge < -0.3 is 5.11 Å². The molecule has 2 rings (SSSR count). The van der Waals surface area contributed by atoms with E-state index in [1.54, 1.807) is 0 Å². The van der Waals surface area contributed by atoms with Gasteiger partial charge in [-0.25, -0.2) is 0 Å². The smallest absolute Gasteiger partial charge is 0.225 e. The monoisotopic (exact) mass is 177 g/mol. The summed E-state index contributed by atoms with van der Waals surface area (Å²) in [5.41, 5.74) is 0.760. The molecule has 1 atom stereocenters. The maximum absolute atomic E-state index is 9.64. The van der Waals surface area contributed by atoms with Gasteiger partial charge in [0.25, 0.3) is 0 Å². The second kappa shape index (κ2) is 2.83. The number of nitrogens with zero attached hydrogens (tertiary/aromatic N) is 2. The fourth-order valence-electron chi connectivity index (χ4n) is 1.51. The van der Waals surface area contributed by atoms with E-state index < -0.39 is 0 Å². The number of hydrogen-bond acceptors (Lipinski definition) is 2. The van der Waals surface area contributed by atoms with E-state index in [-0.39, 0.29) is 12.0 Å². The highest BCUT2D eigenvalue weighted by Gasteiger charge is 2.29. The number of allylic oxidation sites excluding steroid dienone is 2. The van der Waals surface area contributed by atoms with Gasteiger partial charge in [-0.15, -0.1) is 0 Å². The van der Waals surface area contributed by atoms with E-state index in [0.29, 0.717) is 5.76 Å². The summed E-state index contributed by atoms with van der Waals surface area (Å²) in [5.74, 6) is 0.572. The molecule has 0 fully saturated rings. The average molecular weight is 177 g/mol. The number of fused-ring (bicyclic) bond motifs is 1. The van der Waals surface area contributed by atoms with Crippen LogP contribution in [0.1, 0.15) is 13.8 Å². The van der Waals surface area contributed by atoms with Crippen molar-refractivity contribution in [3.8, 4) is 0 Å². The SMILES string of the molecule is CC(C)C1=N[N+]2=CC=CC2C=C1O. The molecule has 68 valence electrons. The van der Waals surface area contributed by atoms with Gasteiger partial charge in [0, 0.05) is 18.1 Å². The Kier molecular flexibility index (Phi) is 1.79. The van der Waals surface area contributed by atoms with Crippen LogP contribution in [0.2, 0.25) is 0 Å². The van der Waals surface area contributed by atoms with E-state index in [4.69, 9.17) is 0 Å². The summed E-state index contributed by atoms with van der Waals surface area (Å²) < 4.78 is 1.86. The Morgan fingerprint density at radius 1 is 1.54 bits per heavy atom. The minimum absolute atomic E-state index is 0.113. The molecule has 3 nitrogen and oxygen atoms in total. The molecule has 0 saturated heterocycles. The van der Waals surface area contributed by atoms with Crippen molar-refractivity contribution in [3.05, 3.63) is 24.0 Å². The maximum Gasteiger partial charge on any atom is 0.225 e. The third-order valence-corrected chi connectivity index (χ3v) is 2.21. The molecule has 0 aromatic carbocycles. The molecule has 3 heteroatoms. The van der Waals surface area contributed by atoms with Crippen LogP contribution < -0.4 is 0 Å². The summed E-state index contributed by atoms with van der Waals surface area (Å²) >= 11 is 0. The normalized spacial score (nSPS) is 25.5. The van der Waals surface area contributed by atoms with Crippen LogP contribution in [0.5, 0.6) is 0 Å². The summed E-state index contributed by atoms with van der Waals surface area (Å²) in [5, 5.41) is 14.0. The van der Waals surface area contributed by atoms with E-state index in [9.17, 15) is 5.11 Å². The molecule has 1 N–H and O–H groups in total. The Morgan fingerprint density at radius 3 is 3.00 bits per heavy atom. The molecule has 1 unspecified atom stereocenters. The summed E-state index contributed by atoms with van der Waals surface area (Å²) in [4.78, 5) is 0. The minimum atomic E-state index is 0.113. The first-order valence-corrected chi connectivity index (χ1v) is 4.48. The second-order valence-electron chi connectivity index (χ2n) is 3.60. The molecule has 2 aliphatic heterocycles. The van der Waals surface area contributed by atoms with Crippen molar-refractivity contribution in [2.75, 3.05) is 0 Å². The zero-order valence-corrected chi connectivity index (χ0v) is 7.81. The highest BCUT2D eigenvalue weighted by atomic mass is 16.3. The van der Waals surface area contributed by atoms with Gasteiger partial charge in [0.2, 0.25) is 6.04 Å². The minimum Gasteiger partial charge on any atom is -0.506 e. The molecule has 0 saturated carbocycles. The number of aliphatic hydroxyl groups is 1. The molecule has 13 heavy (non-hydrogen) atoms. The number of hydrogen-bond donors (Lipinski definition) is 1. The number of aliphatic hydroxyl groups excluding tert-OH is 1. The lowest BCUT2D eigenvalue weighted by molar-refractivity contribution is -0.542. The van der Waals surface area contributed by atoms with Crippen molar-refractivity contribution in [1.82, 2.24) is 0 Å². The topological polar surface area (TPSA) is 35.6 Å². The summed E-state index contributed by atoms with van der Waals surface area (Å²) in [6.07, 6.45) is 7.68. The molecule has 0 aromatic heterocycles. The van der Waals surface area contributed by atoms with Gasteiger partial charge >= 0.3 is 0 Å².